The standard InChI is InChI=1S/C12H17NO5S2/c1-8(9-3-4-10(18-9)12(14)15)13-5-6-19-7-11(13)20(2,16)17/h3-4,8,11H,5-7H2,1-2H3,(H,14,15). The summed E-state index contributed by atoms with van der Waals surface area (Å²) in [6.07, 6.45) is 1.23. The quantitative estimate of drug-likeness (QED) is 0.898. The van der Waals surface area contributed by atoms with Gasteiger partial charge in [-0.2, -0.15) is 11.8 Å². The summed E-state index contributed by atoms with van der Waals surface area (Å²) < 4.78 is 29.0. The van der Waals surface area contributed by atoms with Crippen LogP contribution in [0.1, 0.15) is 29.3 Å². The van der Waals surface area contributed by atoms with E-state index in [1.54, 1.807) is 17.8 Å². The normalized spacial score (nSPS) is 22.6. The Morgan fingerprint density at radius 2 is 2.25 bits per heavy atom. The lowest BCUT2D eigenvalue weighted by atomic mass is 10.2. The van der Waals surface area contributed by atoms with Gasteiger partial charge < -0.3 is 9.52 Å². The summed E-state index contributed by atoms with van der Waals surface area (Å²) in [4.78, 5) is 12.7. The third-order valence-electron chi connectivity index (χ3n) is 3.37. The number of hydrogen-bond donors (Lipinski definition) is 1. The lowest BCUT2D eigenvalue weighted by Crippen LogP contribution is -2.47. The minimum Gasteiger partial charge on any atom is -0.475 e. The highest BCUT2D eigenvalue weighted by molar-refractivity contribution is 8.00. The van der Waals surface area contributed by atoms with E-state index in [2.05, 4.69) is 0 Å². The van der Waals surface area contributed by atoms with E-state index in [1.807, 2.05) is 11.8 Å². The van der Waals surface area contributed by atoms with Gasteiger partial charge in [0.1, 0.15) is 11.1 Å². The average Bonchev–Trinajstić information content (AvgIpc) is 2.86. The molecule has 2 unspecified atom stereocenters. The molecule has 1 aliphatic rings. The Hall–Kier alpha value is -0.990. The van der Waals surface area contributed by atoms with E-state index in [0.717, 1.165) is 5.75 Å². The fourth-order valence-corrected chi connectivity index (χ4v) is 5.22. The Balaban J connectivity index is 2.25. The van der Waals surface area contributed by atoms with Gasteiger partial charge in [-0.25, -0.2) is 13.2 Å². The first-order valence-electron chi connectivity index (χ1n) is 6.16. The molecule has 0 aromatic carbocycles. The van der Waals surface area contributed by atoms with Crippen molar-refractivity contribution in [2.75, 3.05) is 24.3 Å². The van der Waals surface area contributed by atoms with Crippen LogP contribution in [0.3, 0.4) is 0 Å². The third-order valence-corrected chi connectivity index (χ3v) is 6.02. The van der Waals surface area contributed by atoms with E-state index < -0.39 is 21.2 Å². The Morgan fingerprint density at radius 3 is 2.80 bits per heavy atom. The smallest absolute Gasteiger partial charge is 0.371 e. The summed E-state index contributed by atoms with van der Waals surface area (Å²) in [7, 11) is -3.19. The van der Waals surface area contributed by atoms with Gasteiger partial charge in [-0.3, -0.25) is 4.90 Å². The number of thioether (sulfide) groups is 1. The van der Waals surface area contributed by atoms with Crippen LogP contribution in [0.25, 0.3) is 0 Å². The van der Waals surface area contributed by atoms with Crippen molar-refractivity contribution in [3.05, 3.63) is 23.7 Å². The van der Waals surface area contributed by atoms with E-state index in [1.165, 1.54) is 12.3 Å². The van der Waals surface area contributed by atoms with Gasteiger partial charge in [0.25, 0.3) is 0 Å². The molecule has 0 radical (unpaired) electrons. The minimum absolute atomic E-state index is 0.130. The van der Waals surface area contributed by atoms with Crippen LogP contribution in [0.15, 0.2) is 16.5 Å². The van der Waals surface area contributed by atoms with Crippen LogP contribution in [-0.4, -0.2) is 54.1 Å². The van der Waals surface area contributed by atoms with Gasteiger partial charge in [0.05, 0.1) is 6.04 Å². The van der Waals surface area contributed by atoms with E-state index in [-0.39, 0.29) is 11.8 Å². The summed E-state index contributed by atoms with van der Waals surface area (Å²) in [6, 6.07) is 2.71. The Kier molecular flexibility index (Phi) is 4.46. The molecule has 0 bridgehead atoms. The number of sulfone groups is 1. The minimum atomic E-state index is -3.19. The molecule has 2 atom stereocenters. The molecule has 1 aromatic heterocycles. The lowest BCUT2D eigenvalue weighted by molar-refractivity contribution is 0.0655. The second-order valence-electron chi connectivity index (χ2n) is 4.78. The first kappa shape index (κ1) is 15.4. The first-order valence-corrected chi connectivity index (χ1v) is 9.27. The highest BCUT2D eigenvalue weighted by atomic mass is 32.2. The van der Waals surface area contributed by atoms with Crippen molar-refractivity contribution in [1.29, 1.82) is 0 Å². The van der Waals surface area contributed by atoms with Gasteiger partial charge >= 0.3 is 5.97 Å². The number of hydrogen-bond acceptors (Lipinski definition) is 6. The summed E-state index contributed by atoms with van der Waals surface area (Å²) in [5.74, 6) is 0.591. The van der Waals surface area contributed by atoms with Crippen molar-refractivity contribution in [3.63, 3.8) is 0 Å². The van der Waals surface area contributed by atoms with Crippen LogP contribution in [-0.2, 0) is 9.84 Å². The molecule has 0 aliphatic carbocycles. The zero-order valence-electron chi connectivity index (χ0n) is 11.3. The maximum atomic E-state index is 11.9. The average molecular weight is 319 g/mol. The molecule has 112 valence electrons. The van der Waals surface area contributed by atoms with Crippen LogP contribution in [0.4, 0.5) is 0 Å². The molecule has 1 N–H and O–H groups in total. The maximum absolute atomic E-state index is 11.9. The highest BCUT2D eigenvalue weighted by Crippen LogP contribution is 2.30. The largest absolute Gasteiger partial charge is 0.475 e. The highest BCUT2D eigenvalue weighted by Gasteiger charge is 2.35. The van der Waals surface area contributed by atoms with Crippen LogP contribution < -0.4 is 0 Å². The van der Waals surface area contributed by atoms with Crippen LogP contribution in [0, 0.1) is 0 Å². The fraction of sp³-hybridized carbons (Fsp3) is 0.583. The molecule has 8 heteroatoms. The topological polar surface area (TPSA) is 87.8 Å². The SMILES string of the molecule is CC(c1ccc(C(=O)O)o1)N1CCSCC1S(C)(=O)=O. The van der Waals surface area contributed by atoms with Crippen molar-refractivity contribution >= 4 is 27.6 Å². The summed E-state index contributed by atoms with van der Waals surface area (Å²) in [5, 5.41) is 8.30. The van der Waals surface area contributed by atoms with Crippen LogP contribution >= 0.6 is 11.8 Å². The van der Waals surface area contributed by atoms with Crippen molar-refractivity contribution in [2.45, 2.75) is 18.3 Å². The third kappa shape index (κ3) is 3.18. The first-order chi connectivity index (χ1) is 9.30. The summed E-state index contributed by atoms with van der Waals surface area (Å²) in [5.41, 5.74) is 0. The van der Waals surface area contributed by atoms with Crippen LogP contribution in [0.5, 0.6) is 0 Å². The molecule has 0 amide bonds. The second kappa shape index (κ2) is 5.79. The van der Waals surface area contributed by atoms with Crippen molar-refractivity contribution in [1.82, 2.24) is 4.90 Å². The Labute approximate surface area is 122 Å². The molecule has 0 saturated carbocycles. The van der Waals surface area contributed by atoms with Gasteiger partial charge in [0.15, 0.2) is 9.84 Å². The summed E-state index contributed by atoms with van der Waals surface area (Å²) in [6.45, 7) is 2.46. The molecule has 2 heterocycles. The monoisotopic (exact) mass is 319 g/mol. The second-order valence-corrected chi connectivity index (χ2v) is 8.13. The number of carboxylic acid groups (broad SMARTS) is 1. The van der Waals surface area contributed by atoms with Gasteiger partial charge in [-0.15, -0.1) is 0 Å². The number of nitrogens with zero attached hydrogens (tertiary/aromatic N) is 1. The zero-order chi connectivity index (χ0) is 14.9. The predicted octanol–water partition coefficient (Wildman–Crippen LogP) is 1.46. The number of aromatic carboxylic acids is 1. The van der Waals surface area contributed by atoms with E-state index >= 15 is 0 Å². The Morgan fingerprint density at radius 1 is 1.55 bits per heavy atom. The van der Waals surface area contributed by atoms with Crippen LogP contribution in [0.2, 0.25) is 0 Å². The summed E-state index contributed by atoms with van der Waals surface area (Å²) >= 11 is 1.61. The van der Waals surface area contributed by atoms with E-state index in [9.17, 15) is 13.2 Å². The molecule has 20 heavy (non-hydrogen) atoms. The van der Waals surface area contributed by atoms with Gasteiger partial charge in [0, 0.05) is 24.3 Å². The van der Waals surface area contributed by atoms with Crippen molar-refractivity contribution in [3.8, 4) is 0 Å². The molecule has 1 saturated heterocycles. The molecule has 1 aromatic rings. The predicted molar refractivity (Wildman–Crippen MR) is 76.7 cm³/mol. The molecule has 1 aliphatic heterocycles. The molecule has 1 fully saturated rings. The fourth-order valence-electron chi connectivity index (χ4n) is 2.26. The van der Waals surface area contributed by atoms with Gasteiger partial charge in [-0.05, 0) is 19.1 Å². The molecule has 6 nitrogen and oxygen atoms in total. The molecule has 2 rings (SSSR count). The molecular weight excluding hydrogens is 302 g/mol. The number of carboxylic acids is 1. The maximum Gasteiger partial charge on any atom is 0.371 e. The van der Waals surface area contributed by atoms with Gasteiger partial charge in [0.2, 0.25) is 5.76 Å². The molecule has 0 spiro atoms. The van der Waals surface area contributed by atoms with Crippen molar-refractivity contribution in [2.24, 2.45) is 0 Å². The Bertz CT molecular complexity index is 595. The zero-order valence-corrected chi connectivity index (χ0v) is 12.9. The van der Waals surface area contributed by atoms with Gasteiger partial charge in [-0.1, -0.05) is 0 Å². The van der Waals surface area contributed by atoms with Crippen molar-refractivity contribution < 1.29 is 22.7 Å². The number of carbonyl (C=O) groups is 1. The van der Waals surface area contributed by atoms with E-state index in [0.29, 0.717) is 18.1 Å². The lowest BCUT2D eigenvalue weighted by Gasteiger charge is -2.37. The number of furan rings is 1. The van der Waals surface area contributed by atoms with E-state index in [4.69, 9.17) is 9.52 Å². The molecular formula is C12H17NO5S2. The number of rotatable bonds is 4.